The minimum atomic E-state index is -0.945. The van der Waals surface area contributed by atoms with Gasteiger partial charge in [0, 0.05) is 27.1 Å². The first-order valence-corrected chi connectivity index (χ1v) is 9.87. The average molecular weight is 443 g/mol. The van der Waals surface area contributed by atoms with Gasteiger partial charge in [0.2, 0.25) is 0 Å². The maximum Gasteiger partial charge on any atom is 0.305 e. The van der Waals surface area contributed by atoms with Crippen LogP contribution >= 0.6 is 0 Å². The quantitative estimate of drug-likeness (QED) is 0.181. The number of aliphatic hydroxyl groups is 3. The topological polar surface area (TPSA) is 161 Å². The molecule has 0 bridgehead atoms. The maximum absolute atomic E-state index is 11.3. The summed E-state index contributed by atoms with van der Waals surface area (Å²) in [6, 6.07) is 0. The standard InChI is InChI=1S/C12H22O7.C7H16O4/c1-3-9(7-13)19-12(17-2)8-18-11(16)6-4-5-10(14)15;1-3-6(4-8)11-7(5-9)10-2/h9,12-13H,3-8H2,1-2H3,(H,14,15);6-9H,3-5H2,1-2H3. The predicted molar refractivity (Wildman–Crippen MR) is 106 cm³/mol. The smallest absolute Gasteiger partial charge is 0.305 e. The molecule has 0 saturated carbocycles. The van der Waals surface area contributed by atoms with Crippen molar-refractivity contribution in [3.05, 3.63) is 0 Å². The number of carbonyl (C=O) groups excluding carboxylic acids is 1. The van der Waals surface area contributed by atoms with Crippen LogP contribution in [0.1, 0.15) is 46.0 Å². The fraction of sp³-hybridized carbons (Fsp3) is 0.895. The fourth-order valence-electron chi connectivity index (χ4n) is 1.92. The van der Waals surface area contributed by atoms with E-state index >= 15 is 0 Å². The molecule has 0 radical (unpaired) electrons. The lowest BCUT2D eigenvalue weighted by Gasteiger charge is -2.21. The second-order valence-corrected chi connectivity index (χ2v) is 6.14. The van der Waals surface area contributed by atoms with Gasteiger partial charge in [-0.25, -0.2) is 0 Å². The highest BCUT2D eigenvalue weighted by Crippen LogP contribution is 2.06. The van der Waals surface area contributed by atoms with E-state index in [0.717, 1.165) is 0 Å². The van der Waals surface area contributed by atoms with E-state index in [4.69, 9.17) is 44.1 Å². The number of carbonyl (C=O) groups is 2. The van der Waals surface area contributed by atoms with Crippen molar-refractivity contribution in [3.8, 4) is 0 Å². The second-order valence-electron chi connectivity index (χ2n) is 6.14. The number of rotatable bonds is 17. The van der Waals surface area contributed by atoms with Gasteiger partial charge in [-0.05, 0) is 19.3 Å². The van der Waals surface area contributed by atoms with E-state index in [0.29, 0.717) is 12.8 Å². The first kappa shape index (κ1) is 30.9. The summed E-state index contributed by atoms with van der Waals surface area (Å²) in [6.07, 6.45) is -0.433. The Labute approximate surface area is 177 Å². The van der Waals surface area contributed by atoms with E-state index in [-0.39, 0.29) is 57.9 Å². The average Bonchev–Trinajstić information content (AvgIpc) is 2.75. The van der Waals surface area contributed by atoms with Crippen LogP contribution in [-0.4, -0.2) is 97.8 Å². The lowest BCUT2D eigenvalue weighted by atomic mass is 10.2. The molecule has 0 spiro atoms. The Morgan fingerprint density at radius 2 is 1.30 bits per heavy atom. The lowest BCUT2D eigenvalue weighted by Crippen LogP contribution is -2.30. The van der Waals surface area contributed by atoms with Crippen LogP contribution in [0.5, 0.6) is 0 Å². The molecule has 4 unspecified atom stereocenters. The molecule has 4 atom stereocenters. The second kappa shape index (κ2) is 20.9. The van der Waals surface area contributed by atoms with Crippen LogP contribution in [-0.2, 0) is 33.3 Å². The van der Waals surface area contributed by atoms with E-state index in [9.17, 15) is 9.59 Å². The molecule has 0 heterocycles. The van der Waals surface area contributed by atoms with Gasteiger partial charge >= 0.3 is 11.9 Å². The number of aliphatic carboxylic acids is 1. The highest BCUT2D eigenvalue weighted by molar-refractivity contribution is 5.71. The molecule has 0 saturated heterocycles. The first-order valence-electron chi connectivity index (χ1n) is 9.87. The minimum absolute atomic E-state index is 0.0416. The monoisotopic (exact) mass is 442 g/mol. The zero-order valence-electron chi connectivity index (χ0n) is 18.3. The van der Waals surface area contributed by atoms with Crippen LogP contribution in [0.2, 0.25) is 0 Å². The molecule has 30 heavy (non-hydrogen) atoms. The van der Waals surface area contributed by atoms with Gasteiger partial charge in [0.05, 0.1) is 32.0 Å². The van der Waals surface area contributed by atoms with Crippen molar-refractivity contribution in [1.82, 2.24) is 0 Å². The third-order valence-electron chi connectivity index (χ3n) is 3.83. The van der Waals surface area contributed by atoms with Crippen molar-refractivity contribution in [2.24, 2.45) is 0 Å². The molecule has 0 aromatic rings. The molecule has 11 heteroatoms. The first-order chi connectivity index (χ1) is 14.3. The lowest BCUT2D eigenvalue weighted by molar-refractivity contribution is -0.194. The number of hydrogen-bond acceptors (Lipinski definition) is 10. The third kappa shape index (κ3) is 17.5. The molecule has 180 valence electrons. The van der Waals surface area contributed by atoms with Gasteiger partial charge in [0.1, 0.15) is 6.61 Å². The fourth-order valence-corrected chi connectivity index (χ4v) is 1.92. The Bertz CT molecular complexity index is 397. The van der Waals surface area contributed by atoms with Crippen LogP contribution < -0.4 is 0 Å². The Hall–Kier alpha value is -1.34. The summed E-state index contributed by atoms with van der Waals surface area (Å²) in [4.78, 5) is 21.6. The number of carboxylic acids is 1. The number of ether oxygens (including phenoxy) is 5. The molecule has 4 N–H and O–H groups in total. The van der Waals surface area contributed by atoms with Crippen LogP contribution in [0.3, 0.4) is 0 Å². The van der Waals surface area contributed by atoms with Crippen LogP contribution in [0.4, 0.5) is 0 Å². The summed E-state index contributed by atoms with van der Waals surface area (Å²) < 4.78 is 25.1. The van der Waals surface area contributed by atoms with Crippen LogP contribution in [0, 0.1) is 0 Å². The zero-order chi connectivity index (χ0) is 23.4. The van der Waals surface area contributed by atoms with Crippen molar-refractivity contribution in [1.29, 1.82) is 0 Å². The molecule has 0 aliphatic heterocycles. The minimum Gasteiger partial charge on any atom is -0.481 e. The van der Waals surface area contributed by atoms with E-state index in [1.807, 2.05) is 13.8 Å². The van der Waals surface area contributed by atoms with Crippen molar-refractivity contribution >= 4 is 11.9 Å². The molecule has 0 aliphatic rings. The van der Waals surface area contributed by atoms with Gasteiger partial charge in [-0.1, -0.05) is 13.8 Å². The molecule has 0 aromatic heterocycles. The molecule has 0 aliphatic carbocycles. The molecule has 0 fully saturated rings. The number of aliphatic hydroxyl groups excluding tert-OH is 3. The largest absolute Gasteiger partial charge is 0.481 e. The van der Waals surface area contributed by atoms with Gasteiger partial charge in [-0.2, -0.15) is 0 Å². The van der Waals surface area contributed by atoms with Crippen molar-refractivity contribution in [2.75, 3.05) is 40.6 Å². The van der Waals surface area contributed by atoms with E-state index in [1.165, 1.54) is 14.2 Å². The number of hydrogen-bond donors (Lipinski definition) is 4. The van der Waals surface area contributed by atoms with Gasteiger partial charge in [-0.3, -0.25) is 9.59 Å². The molecule has 0 rings (SSSR count). The van der Waals surface area contributed by atoms with Crippen LogP contribution in [0.15, 0.2) is 0 Å². The third-order valence-corrected chi connectivity index (χ3v) is 3.83. The van der Waals surface area contributed by atoms with Crippen LogP contribution in [0.25, 0.3) is 0 Å². The highest BCUT2D eigenvalue weighted by Gasteiger charge is 2.16. The number of esters is 1. The predicted octanol–water partition coefficient (Wildman–Crippen LogP) is 0.283. The SMILES string of the molecule is CCC(CO)OC(CO)OC.CCC(CO)OC(COC(=O)CCCC(=O)O)OC. The molecule has 11 nitrogen and oxygen atoms in total. The Kier molecular flexibility index (Phi) is 21.5. The molecule has 0 aromatic carbocycles. The van der Waals surface area contributed by atoms with E-state index in [1.54, 1.807) is 0 Å². The maximum atomic E-state index is 11.3. The molecular formula is C19H38O11. The summed E-state index contributed by atoms with van der Waals surface area (Å²) >= 11 is 0. The summed E-state index contributed by atoms with van der Waals surface area (Å²) in [5.41, 5.74) is 0. The van der Waals surface area contributed by atoms with Gasteiger partial charge in [-0.15, -0.1) is 0 Å². The molecular weight excluding hydrogens is 404 g/mol. The van der Waals surface area contributed by atoms with Crippen molar-refractivity contribution < 1.29 is 53.7 Å². The highest BCUT2D eigenvalue weighted by atomic mass is 16.7. The summed E-state index contributed by atoms with van der Waals surface area (Å²) in [5.74, 6) is -1.44. The Morgan fingerprint density at radius 3 is 1.67 bits per heavy atom. The summed E-state index contributed by atoms with van der Waals surface area (Å²) in [5, 5.41) is 34.7. The Morgan fingerprint density at radius 1 is 0.800 bits per heavy atom. The summed E-state index contributed by atoms with van der Waals surface area (Å²) in [6.45, 7) is 3.29. The Balaban J connectivity index is 0. The van der Waals surface area contributed by atoms with Gasteiger partial charge in [0.25, 0.3) is 0 Å². The zero-order valence-corrected chi connectivity index (χ0v) is 18.3. The molecule has 0 amide bonds. The number of methoxy groups -OCH3 is 2. The van der Waals surface area contributed by atoms with Gasteiger partial charge in [0.15, 0.2) is 12.6 Å². The van der Waals surface area contributed by atoms with Gasteiger partial charge < -0.3 is 44.1 Å². The number of carboxylic acid groups (broad SMARTS) is 1. The van der Waals surface area contributed by atoms with E-state index < -0.39 is 24.5 Å². The normalized spacial score (nSPS) is 14.8. The van der Waals surface area contributed by atoms with Crippen molar-refractivity contribution in [2.45, 2.75) is 70.7 Å². The van der Waals surface area contributed by atoms with E-state index in [2.05, 4.69) is 0 Å². The van der Waals surface area contributed by atoms with Crippen molar-refractivity contribution in [3.63, 3.8) is 0 Å². The summed E-state index contributed by atoms with van der Waals surface area (Å²) in [7, 11) is 2.86.